The quantitative estimate of drug-likeness (QED) is 0.239. The van der Waals surface area contributed by atoms with Crippen molar-refractivity contribution in [3.05, 3.63) is 76.8 Å². The van der Waals surface area contributed by atoms with Crippen molar-refractivity contribution in [1.29, 1.82) is 0 Å². The molecule has 0 saturated carbocycles. The number of hydrogen-bond donors (Lipinski definition) is 1. The van der Waals surface area contributed by atoms with Crippen molar-refractivity contribution in [1.82, 2.24) is 5.43 Å². The molecule has 0 aliphatic rings. The summed E-state index contributed by atoms with van der Waals surface area (Å²) in [6.07, 6.45) is 2.41. The molecule has 3 aromatic rings. The van der Waals surface area contributed by atoms with Gasteiger partial charge in [0.1, 0.15) is 24.7 Å². The zero-order valence-corrected chi connectivity index (χ0v) is 23.6. The van der Waals surface area contributed by atoms with E-state index < -0.39 is 22.5 Å². The lowest BCUT2D eigenvalue weighted by Gasteiger charge is -2.23. The predicted octanol–water partition coefficient (Wildman–Crippen LogP) is 4.25. The smallest absolute Gasteiger partial charge is 0.260 e. The highest BCUT2D eigenvalue weighted by Gasteiger charge is 2.24. The third-order valence-electron chi connectivity index (χ3n) is 5.30. The Kier molecular flexibility index (Phi) is 10.4. The Hall–Kier alpha value is -3.96. The van der Waals surface area contributed by atoms with Crippen molar-refractivity contribution >= 4 is 39.4 Å². The number of amides is 1. The van der Waals surface area contributed by atoms with Gasteiger partial charge in [-0.2, -0.15) is 5.10 Å². The summed E-state index contributed by atoms with van der Waals surface area (Å²) in [4.78, 5) is 12.6. The second-order valence-electron chi connectivity index (χ2n) is 8.16. The molecule has 0 aromatic heterocycles. The van der Waals surface area contributed by atoms with Crippen LogP contribution in [-0.4, -0.2) is 54.2 Å². The minimum absolute atomic E-state index is 0.160. The zero-order valence-electron chi connectivity index (χ0n) is 22.0. The fraction of sp³-hybridized carbons (Fsp3) is 0.259. The van der Waals surface area contributed by atoms with E-state index in [0.717, 1.165) is 16.1 Å². The van der Waals surface area contributed by atoms with E-state index in [0.29, 0.717) is 41.0 Å². The summed E-state index contributed by atoms with van der Waals surface area (Å²) in [6.45, 7) is 2.05. The number of nitrogens with zero attached hydrogens (tertiary/aromatic N) is 2. The highest BCUT2D eigenvalue weighted by atomic mass is 35.5. The summed E-state index contributed by atoms with van der Waals surface area (Å²) in [5, 5.41) is 4.59. The van der Waals surface area contributed by atoms with Crippen molar-refractivity contribution in [2.24, 2.45) is 5.10 Å². The third kappa shape index (κ3) is 8.52. The van der Waals surface area contributed by atoms with Gasteiger partial charge in [0.05, 0.1) is 39.0 Å². The van der Waals surface area contributed by atoms with Crippen LogP contribution in [0.25, 0.3) is 0 Å². The topological polar surface area (TPSA) is 116 Å². The Balaban J connectivity index is 1.70. The average molecular weight is 576 g/mol. The molecule has 0 aliphatic heterocycles. The van der Waals surface area contributed by atoms with Gasteiger partial charge in [0.2, 0.25) is 10.0 Å². The van der Waals surface area contributed by atoms with Gasteiger partial charge in [0.15, 0.2) is 11.5 Å². The normalized spacial score (nSPS) is 11.2. The van der Waals surface area contributed by atoms with E-state index in [-0.39, 0.29) is 11.4 Å². The number of hydrogen-bond acceptors (Lipinski definition) is 8. The molecular weight excluding hydrogens is 546 g/mol. The number of halogens is 1. The molecule has 0 radical (unpaired) electrons. The average Bonchev–Trinajstić information content (AvgIpc) is 2.90. The summed E-state index contributed by atoms with van der Waals surface area (Å²) in [5.41, 5.74) is 4.05. The number of hydrazone groups is 1. The summed E-state index contributed by atoms with van der Waals surface area (Å²) in [7, 11) is -0.991. The fourth-order valence-electron chi connectivity index (χ4n) is 3.50. The van der Waals surface area contributed by atoms with Gasteiger partial charge in [-0.05, 0) is 60.5 Å². The van der Waals surface area contributed by atoms with Crippen LogP contribution in [0.4, 0.5) is 5.69 Å². The van der Waals surface area contributed by atoms with E-state index in [2.05, 4.69) is 10.5 Å². The summed E-state index contributed by atoms with van der Waals surface area (Å²) < 4.78 is 48.0. The molecule has 1 amide bonds. The highest BCUT2D eigenvalue weighted by Crippen LogP contribution is 2.33. The monoisotopic (exact) mass is 575 g/mol. The van der Waals surface area contributed by atoms with Gasteiger partial charge >= 0.3 is 0 Å². The summed E-state index contributed by atoms with van der Waals surface area (Å²) >= 11 is 6.04. The van der Waals surface area contributed by atoms with Gasteiger partial charge in [-0.15, -0.1) is 0 Å². The number of benzene rings is 3. The Labute approximate surface area is 233 Å². The second kappa shape index (κ2) is 13.7. The lowest BCUT2D eigenvalue weighted by Crippen LogP contribution is -2.39. The minimum Gasteiger partial charge on any atom is -0.497 e. The van der Waals surface area contributed by atoms with E-state index in [1.807, 2.05) is 25.1 Å². The SMILES string of the molecule is CCOc1cc(/C=N\NC(=O)CN(c2cc(OC)ccc2OC)S(C)(=O)=O)ccc1OCc1cccc(Cl)c1. The Morgan fingerprint density at radius 3 is 2.44 bits per heavy atom. The van der Waals surface area contributed by atoms with Crippen molar-refractivity contribution < 1.29 is 32.2 Å². The first-order valence-corrected chi connectivity index (χ1v) is 14.0. The molecule has 0 heterocycles. The molecule has 39 heavy (non-hydrogen) atoms. The molecule has 10 nitrogen and oxygen atoms in total. The molecule has 1 N–H and O–H groups in total. The van der Waals surface area contributed by atoms with Crippen LogP contribution in [-0.2, 0) is 21.4 Å². The number of sulfonamides is 1. The van der Waals surface area contributed by atoms with Gasteiger partial charge in [-0.3, -0.25) is 9.10 Å². The van der Waals surface area contributed by atoms with Crippen LogP contribution in [0.15, 0.2) is 65.8 Å². The molecule has 0 spiro atoms. The number of ether oxygens (including phenoxy) is 4. The Morgan fingerprint density at radius 1 is 1.00 bits per heavy atom. The second-order valence-corrected chi connectivity index (χ2v) is 10.5. The van der Waals surface area contributed by atoms with Gasteiger partial charge in [0.25, 0.3) is 5.91 Å². The number of rotatable bonds is 13. The summed E-state index contributed by atoms with van der Waals surface area (Å²) in [6, 6.07) is 17.2. The van der Waals surface area contributed by atoms with Crippen LogP contribution < -0.4 is 28.7 Å². The standard InChI is InChI=1S/C27H30ClN3O7S/c1-5-37-26-14-19(9-11-25(26)38-18-20-7-6-8-21(28)13-20)16-29-30-27(32)17-31(39(4,33)34)23-15-22(35-2)10-12-24(23)36-3/h6-16H,5,17-18H2,1-4H3,(H,30,32)/b29-16-. The van der Waals surface area contributed by atoms with E-state index in [4.69, 9.17) is 30.5 Å². The first-order valence-electron chi connectivity index (χ1n) is 11.8. The largest absolute Gasteiger partial charge is 0.497 e. The molecule has 208 valence electrons. The van der Waals surface area contributed by atoms with Crippen LogP contribution in [0.5, 0.6) is 23.0 Å². The lowest BCUT2D eigenvalue weighted by molar-refractivity contribution is -0.119. The Bertz CT molecular complexity index is 1430. The van der Waals surface area contributed by atoms with Crippen molar-refractivity contribution in [2.75, 3.05) is 37.9 Å². The first-order chi connectivity index (χ1) is 18.6. The molecular formula is C27H30ClN3O7S. The number of carbonyl (C=O) groups excluding carboxylic acids is 1. The minimum atomic E-state index is -3.85. The van der Waals surface area contributed by atoms with Gasteiger partial charge in [-0.1, -0.05) is 23.7 Å². The van der Waals surface area contributed by atoms with E-state index in [1.165, 1.54) is 26.5 Å². The van der Waals surface area contributed by atoms with Crippen LogP contribution >= 0.6 is 11.6 Å². The Morgan fingerprint density at radius 2 is 1.77 bits per heavy atom. The molecule has 0 aliphatic carbocycles. The lowest BCUT2D eigenvalue weighted by atomic mass is 10.2. The van der Waals surface area contributed by atoms with Crippen LogP contribution in [0.2, 0.25) is 5.02 Å². The number of carbonyl (C=O) groups is 1. The number of nitrogens with one attached hydrogen (secondary N) is 1. The molecule has 0 atom stereocenters. The molecule has 0 unspecified atom stereocenters. The highest BCUT2D eigenvalue weighted by molar-refractivity contribution is 7.92. The van der Waals surface area contributed by atoms with Crippen molar-refractivity contribution in [3.63, 3.8) is 0 Å². The molecule has 3 aromatic carbocycles. The van der Waals surface area contributed by atoms with Gasteiger partial charge in [0, 0.05) is 11.1 Å². The summed E-state index contributed by atoms with van der Waals surface area (Å²) in [5.74, 6) is 1.05. The molecule has 0 bridgehead atoms. The predicted molar refractivity (Wildman–Crippen MR) is 151 cm³/mol. The van der Waals surface area contributed by atoms with Crippen LogP contribution in [0.1, 0.15) is 18.1 Å². The fourth-order valence-corrected chi connectivity index (χ4v) is 4.56. The number of anilines is 1. The zero-order chi connectivity index (χ0) is 28.4. The molecule has 0 saturated heterocycles. The van der Waals surface area contributed by atoms with Crippen molar-refractivity contribution in [3.8, 4) is 23.0 Å². The molecule has 12 heteroatoms. The maximum absolute atomic E-state index is 12.6. The van der Waals surface area contributed by atoms with Crippen LogP contribution in [0, 0.1) is 0 Å². The molecule has 0 fully saturated rings. The third-order valence-corrected chi connectivity index (χ3v) is 6.66. The number of methoxy groups -OCH3 is 2. The van der Waals surface area contributed by atoms with Gasteiger partial charge < -0.3 is 18.9 Å². The van der Waals surface area contributed by atoms with E-state index in [1.54, 1.807) is 36.4 Å². The van der Waals surface area contributed by atoms with E-state index >= 15 is 0 Å². The van der Waals surface area contributed by atoms with Crippen LogP contribution in [0.3, 0.4) is 0 Å². The van der Waals surface area contributed by atoms with E-state index in [9.17, 15) is 13.2 Å². The molecule has 3 rings (SSSR count). The maximum Gasteiger partial charge on any atom is 0.260 e. The van der Waals surface area contributed by atoms with Crippen molar-refractivity contribution in [2.45, 2.75) is 13.5 Å². The first kappa shape index (κ1) is 29.6. The maximum atomic E-state index is 12.6. The van der Waals surface area contributed by atoms with Gasteiger partial charge in [-0.25, -0.2) is 13.8 Å².